The van der Waals surface area contributed by atoms with Crippen LogP contribution < -0.4 is 5.32 Å². The van der Waals surface area contributed by atoms with Crippen LogP contribution in [-0.2, 0) is 0 Å². The summed E-state index contributed by atoms with van der Waals surface area (Å²) in [4.78, 5) is 18.8. The number of thiazole rings is 1. The van der Waals surface area contributed by atoms with E-state index in [1.54, 1.807) is 11.7 Å². The summed E-state index contributed by atoms with van der Waals surface area (Å²) in [6, 6.07) is 3.94. The van der Waals surface area contributed by atoms with Gasteiger partial charge in [0.15, 0.2) is 0 Å². The Morgan fingerprint density at radius 2 is 2.37 bits per heavy atom. The highest BCUT2D eigenvalue weighted by atomic mass is 32.1. The Balaban J connectivity index is 1.56. The molecule has 0 unspecified atom stereocenters. The highest BCUT2D eigenvalue weighted by Crippen LogP contribution is 2.20. The number of carbonyl (C=O) groups is 1. The Kier molecular flexibility index (Phi) is 3.12. The number of aryl methyl sites for hydroxylation is 1. The van der Waals surface area contributed by atoms with Gasteiger partial charge < -0.3 is 10.2 Å². The summed E-state index contributed by atoms with van der Waals surface area (Å²) in [5, 5.41) is 11.0. The van der Waals surface area contributed by atoms with Crippen molar-refractivity contribution in [2.45, 2.75) is 13.0 Å². The fourth-order valence-corrected chi connectivity index (χ4v) is 2.74. The number of carbonyl (C=O) groups excluding carboxylic acids is 1. The Morgan fingerprint density at radius 3 is 3.00 bits per heavy atom. The third-order valence-electron chi connectivity index (χ3n) is 3.03. The molecule has 1 saturated heterocycles. The molecule has 0 bridgehead atoms. The molecular formula is C12H13N5OS. The molecule has 3 heterocycles. The standard InChI is InChI=1S/C12H13N5OS/c1-8-11(19-7-13-8)12(18)17-5-9(6-17)15-10-3-2-4-14-16-10/h2-4,7,9H,5-6H2,1H3,(H,15,16). The van der Waals surface area contributed by atoms with Crippen molar-refractivity contribution in [3.63, 3.8) is 0 Å². The quantitative estimate of drug-likeness (QED) is 0.910. The number of nitrogens with zero attached hydrogens (tertiary/aromatic N) is 4. The molecule has 0 spiro atoms. The summed E-state index contributed by atoms with van der Waals surface area (Å²) < 4.78 is 0. The van der Waals surface area contributed by atoms with Crippen LogP contribution in [0.2, 0.25) is 0 Å². The van der Waals surface area contributed by atoms with Crippen molar-refractivity contribution in [2.24, 2.45) is 0 Å². The van der Waals surface area contributed by atoms with Gasteiger partial charge in [0.25, 0.3) is 5.91 Å². The van der Waals surface area contributed by atoms with Gasteiger partial charge in [-0.15, -0.1) is 16.4 Å². The highest BCUT2D eigenvalue weighted by molar-refractivity contribution is 7.11. The van der Waals surface area contributed by atoms with Crippen molar-refractivity contribution in [2.75, 3.05) is 18.4 Å². The van der Waals surface area contributed by atoms with Gasteiger partial charge in [0.05, 0.1) is 17.2 Å². The maximum absolute atomic E-state index is 12.1. The molecule has 98 valence electrons. The van der Waals surface area contributed by atoms with E-state index >= 15 is 0 Å². The third-order valence-corrected chi connectivity index (χ3v) is 3.95. The molecule has 1 N–H and O–H groups in total. The molecule has 7 heteroatoms. The minimum atomic E-state index is 0.0668. The first kappa shape index (κ1) is 12.0. The lowest BCUT2D eigenvalue weighted by molar-refractivity contribution is 0.0629. The van der Waals surface area contributed by atoms with Crippen LogP contribution in [0, 0.1) is 6.92 Å². The zero-order valence-corrected chi connectivity index (χ0v) is 11.2. The summed E-state index contributed by atoms with van der Waals surface area (Å²) in [5.41, 5.74) is 2.51. The van der Waals surface area contributed by atoms with E-state index < -0.39 is 0 Å². The average molecular weight is 275 g/mol. The second-order valence-electron chi connectivity index (χ2n) is 4.43. The zero-order valence-electron chi connectivity index (χ0n) is 10.4. The summed E-state index contributed by atoms with van der Waals surface area (Å²) in [7, 11) is 0. The van der Waals surface area contributed by atoms with Crippen molar-refractivity contribution < 1.29 is 4.79 Å². The Labute approximate surface area is 114 Å². The number of hydrogen-bond acceptors (Lipinski definition) is 6. The highest BCUT2D eigenvalue weighted by Gasteiger charge is 2.32. The minimum absolute atomic E-state index is 0.0668. The number of aromatic nitrogens is 3. The normalized spacial score (nSPS) is 15.1. The van der Waals surface area contributed by atoms with Gasteiger partial charge in [0.2, 0.25) is 0 Å². The van der Waals surface area contributed by atoms with Crippen molar-refractivity contribution in [3.8, 4) is 0 Å². The van der Waals surface area contributed by atoms with Gasteiger partial charge in [-0.1, -0.05) is 0 Å². The van der Waals surface area contributed by atoms with Crippen LogP contribution >= 0.6 is 11.3 Å². The number of hydrogen-bond donors (Lipinski definition) is 1. The number of nitrogens with one attached hydrogen (secondary N) is 1. The lowest BCUT2D eigenvalue weighted by Gasteiger charge is -2.39. The Hall–Kier alpha value is -2.02. The lowest BCUT2D eigenvalue weighted by Crippen LogP contribution is -2.57. The van der Waals surface area contributed by atoms with E-state index in [1.165, 1.54) is 11.3 Å². The van der Waals surface area contributed by atoms with Crippen LogP contribution in [0.15, 0.2) is 23.8 Å². The fourth-order valence-electron chi connectivity index (χ4n) is 1.97. The predicted octanol–water partition coefficient (Wildman–Crippen LogP) is 1.18. The molecule has 1 fully saturated rings. The predicted molar refractivity (Wildman–Crippen MR) is 72.2 cm³/mol. The zero-order chi connectivity index (χ0) is 13.2. The maximum atomic E-state index is 12.1. The van der Waals surface area contributed by atoms with Crippen LogP contribution in [0.3, 0.4) is 0 Å². The molecule has 0 saturated carbocycles. The van der Waals surface area contributed by atoms with Gasteiger partial charge in [0, 0.05) is 19.3 Å². The van der Waals surface area contributed by atoms with Gasteiger partial charge in [-0.2, -0.15) is 5.10 Å². The monoisotopic (exact) mass is 275 g/mol. The number of anilines is 1. The van der Waals surface area contributed by atoms with Crippen molar-refractivity contribution in [1.82, 2.24) is 20.1 Å². The maximum Gasteiger partial charge on any atom is 0.265 e. The van der Waals surface area contributed by atoms with Crippen LogP contribution in [0.1, 0.15) is 15.4 Å². The van der Waals surface area contributed by atoms with Gasteiger partial charge in [-0.3, -0.25) is 4.79 Å². The van der Waals surface area contributed by atoms with Crippen LogP contribution in [0.25, 0.3) is 0 Å². The molecule has 2 aromatic rings. The number of likely N-dealkylation sites (tertiary alicyclic amines) is 1. The Morgan fingerprint density at radius 1 is 1.53 bits per heavy atom. The molecule has 0 aliphatic carbocycles. The first-order valence-corrected chi connectivity index (χ1v) is 6.85. The second-order valence-corrected chi connectivity index (χ2v) is 5.28. The van der Waals surface area contributed by atoms with Crippen LogP contribution in [-0.4, -0.2) is 45.1 Å². The fraction of sp³-hybridized carbons (Fsp3) is 0.333. The molecule has 6 nitrogen and oxygen atoms in total. The van der Waals surface area contributed by atoms with Crippen molar-refractivity contribution in [3.05, 3.63) is 34.4 Å². The molecule has 1 aliphatic rings. The second kappa shape index (κ2) is 4.93. The molecule has 0 aromatic carbocycles. The van der Waals surface area contributed by atoms with Crippen molar-refractivity contribution >= 4 is 23.1 Å². The van der Waals surface area contributed by atoms with Crippen LogP contribution in [0.4, 0.5) is 5.82 Å². The smallest absolute Gasteiger partial charge is 0.265 e. The largest absolute Gasteiger partial charge is 0.362 e. The van der Waals surface area contributed by atoms with E-state index in [0.29, 0.717) is 13.1 Å². The minimum Gasteiger partial charge on any atom is -0.362 e. The van der Waals surface area contributed by atoms with E-state index in [9.17, 15) is 4.79 Å². The average Bonchev–Trinajstić information content (AvgIpc) is 2.80. The van der Waals surface area contributed by atoms with E-state index in [1.807, 2.05) is 24.0 Å². The molecule has 3 rings (SSSR count). The van der Waals surface area contributed by atoms with E-state index in [-0.39, 0.29) is 11.9 Å². The topological polar surface area (TPSA) is 71.0 Å². The van der Waals surface area contributed by atoms with Gasteiger partial charge in [0.1, 0.15) is 10.7 Å². The van der Waals surface area contributed by atoms with Gasteiger partial charge in [-0.25, -0.2) is 4.98 Å². The molecule has 0 atom stereocenters. The molecule has 1 amide bonds. The van der Waals surface area contributed by atoms with E-state index in [4.69, 9.17) is 0 Å². The van der Waals surface area contributed by atoms with E-state index in [0.717, 1.165) is 16.4 Å². The summed E-state index contributed by atoms with van der Waals surface area (Å²) in [6.45, 7) is 3.23. The number of rotatable bonds is 3. The molecule has 1 aliphatic heterocycles. The SMILES string of the molecule is Cc1ncsc1C(=O)N1CC(Nc2cccnn2)C1. The third kappa shape index (κ3) is 2.41. The van der Waals surface area contributed by atoms with E-state index in [2.05, 4.69) is 20.5 Å². The first-order chi connectivity index (χ1) is 9.24. The molecule has 2 aromatic heterocycles. The number of amides is 1. The van der Waals surface area contributed by atoms with Crippen molar-refractivity contribution in [1.29, 1.82) is 0 Å². The summed E-state index contributed by atoms with van der Waals surface area (Å²) in [5.74, 6) is 0.811. The first-order valence-electron chi connectivity index (χ1n) is 5.97. The van der Waals surface area contributed by atoms with Crippen LogP contribution in [0.5, 0.6) is 0 Å². The molecule has 0 radical (unpaired) electrons. The molecular weight excluding hydrogens is 262 g/mol. The Bertz CT molecular complexity index is 579. The lowest BCUT2D eigenvalue weighted by atomic mass is 10.1. The molecule has 19 heavy (non-hydrogen) atoms. The summed E-state index contributed by atoms with van der Waals surface area (Å²) in [6.07, 6.45) is 1.63. The van der Waals surface area contributed by atoms with Gasteiger partial charge >= 0.3 is 0 Å². The summed E-state index contributed by atoms with van der Waals surface area (Å²) >= 11 is 1.40. The van der Waals surface area contributed by atoms with Gasteiger partial charge in [-0.05, 0) is 19.1 Å².